The van der Waals surface area contributed by atoms with Crippen LogP contribution in [0.5, 0.6) is 11.5 Å². The van der Waals surface area contributed by atoms with Crippen LogP contribution in [0.3, 0.4) is 0 Å². The lowest BCUT2D eigenvalue weighted by molar-refractivity contribution is -0.275. The highest BCUT2D eigenvalue weighted by Crippen LogP contribution is 2.35. The molecule has 0 aliphatic rings. The van der Waals surface area contributed by atoms with Gasteiger partial charge < -0.3 is 14.2 Å². The van der Waals surface area contributed by atoms with Crippen LogP contribution in [0.4, 0.5) is 13.2 Å². The summed E-state index contributed by atoms with van der Waals surface area (Å²) < 4.78 is 50.4. The molecule has 0 radical (unpaired) electrons. The zero-order chi connectivity index (χ0) is 15.3. The number of alkyl halides is 3. The Hall–Kier alpha value is -1.92. The van der Waals surface area contributed by atoms with Gasteiger partial charge in [0.25, 0.3) is 0 Å². The molecular formula is C13H15F3O4. The number of esters is 1. The van der Waals surface area contributed by atoms with Crippen molar-refractivity contribution >= 4 is 5.97 Å². The van der Waals surface area contributed by atoms with Crippen molar-refractivity contribution < 1.29 is 32.2 Å². The minimum absolute atomic E-state index is 0.151. The van der Waals surface area contributed by atoms with Gasteiger partial charge in [-0.2, -0.15) is 0 Å². The van der Waals surface area contributed by atoms with E-state index < -0.39 is 24.7 Å². The van der Waals surface area contributed by atoms with Gasteiger partial charge in [-0.05, 0) is 36.6 Å². The summed E-state index contributed by atoms with van der Waals surface area (Å²) >= 11 is 0. The standard InChI is InChI=1S/C13H15F3O4/c1-4-9-6-11(20-13(14,15)16)10(5-8(9)2)19-7-12(17)18-3/h5-6H,4,7H2,1-3H3. The molecule has 0 unspecified atom stereocenters. The number of halogens is 3. The average Bonchev–Trinajstić information content (AvgIpc) is 2.36. The average molecular weight is 292 g/mol. The minimum atomic E-state index is -4.83. The fourth-order valence-corrected chi connectivity index (χ4v) is 1.60. The van der Waals surface area contributed by atoms with Crippen LogP contribution in [-0.4, -0.2) is 26.0 Å². The summed E-state index contributed by atoms with van der Waals surface area (Å²) in [4.78, 5) is 11.0. The lowest BCUT2D eigenvalue weighted by atomic mass is 10.1. The monoisotopic (exact) mass is 292 g/mol. The molecule has 0 spiro atoms. The van der Waals surface area contributed by atoms with Crippen molar-refractivity contribution in [3.63, 3.8) is 0 Å². The zero-order valence-electron chi connectivity index (χ0n) is 11.3. The quantitative estimate of drug-likeness (QED) is 0.783. The molecule has 1 aromatic carbocycles. The summed E-state index contributed by atoms with van der Waals surface area (Å²) in [5, 5.41) is 0. The molecule has 0 N–H and O–H groups in total. The van der Waals surface area contributed by atoms with E-state index in [-0.39, 0.29) is 5.75 Å². The largest absolute Gasteiger partial charge is 0.573 e. The van der Waals surface area contributed by atoms with Crippen molar-refractivity contribution in [2.75, 3.05) is 13.7 Å². The second kappa shape index (κ2) is 6.49. The summed E-state index contributed by atoms with van der Waals surface area (Å²) in [7, 11) is 1.16. The Kier molecular flexibility index (Phi) is 5.24. The van der Waals surface area contributed by atoms with Crippen LogP contribution in [0.15, 0.2) is 12.1 Å². The second-order valence-electron chi connectivity index (χ2n) is 3.99. The number of benzene rings is 1. The summed E-state index contributed by atoms with van der Waals surface area (Å²) in [6, 6.07) is 2.66. The molecule has 0 heterocycles. The van der Waals surface area contributed by atoms with E-state index >= 15 is 0 Å². The van der Waals surface area contributed by atoms with Gasteiger partial charge in [-0.1, -0.05) is 6.92 Å². The predicted octanol–water partition coefficient (Wildman–Crippen LogP) is 3.01. The zero-order valence-corrected chi connectivity index (χ0v) is 11.3. The molecular weight excluding hydrogens is 277 g/mol. The van der Waals surface area contributed by atoms with Gasteiger partial charge in [0, 0.05) is 0 Å². The molecule has 0 amide bonds. The van der Waals surface area contributed by atoms with Crippen molar-refractivity contribution in [3.05, 3.63) is 23.3 Å². The van der Waals surface area contributed by atoms with Gasteiger partial charge in [-0.3, -0.25) is 0 Å². The van der Waals surface area contributed by atoms with E-state index in [1.165, 1.54) is 12.1 Å². The van der Waals surface area contributed by atoms with Crippen molar-refractivity contribution in [1.82, 2.24) is 0 Å². The van der Waals surface area contributed by atoms with E-state index in [1.807, 2.05) is 6.92 Å². The lowest BCUT2D eigenvalue weighted by Gasteiger charge is -2.16. The number of carbonyl (C=O) groups excluding carboxylic acids is 1. The van der Waals surface area contributed by atoms with E-state index in [4.69, 9.17) is 4.74 Å². The van der Waals surface area contributed by atoms with E-state index in [0.29, 0.717) is 12.0 Å². The first-order valence-corrected chi connectivity index (χ1v) is 5.85. The summed E-state index contributed by atoms with van der Waals surface area (Å²) in [5.41, 5.74) is 1.46. The molecule has 0 aliphatic heterocycles. The van der Waals surface area contributed by atoms with Crippen LogP contribution in [0.25, 0.3) is 0 Å². The van der Waals surface area contributed by atoms with Crippen LogP contribution >= 0.6 is 0 Å². The molecule has 1 aromatic rings. The molecule has 7 heteroatoms. The van der Waals surface area contributed by atoms with Crippen LogP contribution < -0.4 is 9.47 Å². The Labute approximate surface area is 114 Å². The van der Waals surface area contributed by atoms with Gasteiger partial charge in [0.2, 0.25) is 0 Å². The highest BCUT2D eigenvalue weighted by atomic mass is 19.4. The second-order valence-corrected chi connectivity index (χ2v) is 3.99. The molecule has 4 nitrogen and oxygen atoms in total. The maximum absolute atomic E-state index is 12.4. The van der Waals surface area contributed by atoms with Crippen LogP contribution in [-0.2, 0) is 16.0 Å². The number of carbonyl (C=O) groups is 1. The summed E-state index contributed by atoms with van der Waals surface area (Å²) in [6.45, 7) is 3.06. The third-order valence-corrected chi connectivity index (χ3v) is 2.58. The minimum Gasteiger partial charge on any atom is -0.478 e. The van der Waals surface area contributed by atoms with Crippen LogP contribution in [0.1, 0.15) is 18.1 Å². The molecule has 0 atom stereocenters. The molecule has 0 saturated heterocycles. The van der Waals surface area contributed by atoms with Gasteiger partial charge in [0.1, 0.15) is 0 Å². The maximum atomic E-state index is 12.4. The lowest BCUT2D eigenvalue weighted by Crippen LogP contribution is -2.19. The van der Waals surface area contributed by atoms with Crippen molar-refractivity contribution in [3.8, 4) is 11.5 Å². The molecule has 0 aromatic heterocycles. The Morgan fingerprint density at radius 1 is 1.25 bits per heavy atom. The van der Waals surface area contributed by atoms with E-state index in [9.17, 15) is 18.0 Å². The Morgan fingerprint density at radius 2 is 1.90 bits per heavy atom. The van der Waals surface area contributed by atoms with E-state index in [2.05, 4.69) is 9.47 Å². The highest BCUT2D eigenvalue weighted by molar-refractivity contribution is 5.71. The number of aryl methyl sites for hydroxylation is 2. The third-order valence-electron chi connectivity index (χ3n) is 2.58. The number of methoxy groups -OCH3 is 1. The van der Waals surface area contributed by atoms with E-state index in [1.54, 1.807) is 6.92 Å². The Bertz CT molecular complexity index is 483. The number of rotatable bonds is 5. The Balaban J connectivity index is 3.06. The van der Waals surface area contributed by atoms with Gasteiger partial charge in [0.15, 0.2) is 18.1 Å². The number of ether oxygens (including phenoxy) is 3. The van der Waals surface area contributed by atoms with Crippen molar-refractivity contribution in [2.24, 2.45) is 0 Å². The fourth-order valence-electron chi connectivity index (χ4n) is 1.60. The normalized spacial score (nSPS) is 11.1. The topological polar surface area (TPSA) is 44.8 Å². The van der Waals surface area contributed by atoms with Crippen molar-refractivity contribution in [1.29, 1.82) is 0 Å². The van der Waals surface area contributed by atoms with Gasteiger partial charge in [0.05, 0.1) is 7.11 Å². The molecule has 1 rings (SSSR count). The summed E-state index contributed by atoms with van der Waals surface area (Å²) in [5.74, 6) is -1.31. The first kappa shape index (κ1) is 16.1. The maximum Gasteiger partial charge on any atom is 0.573 e. The molecule has 112 valence electrons. The molecule has 0 saturated carbocycles. The van der Waals surface area contributed by atoms with Crippen molar-refractivity contribution in [2.45, 2.75) is 26.6 Å². The number of hydrogen-bond acceptors (Lipinski definition) is 4. The van der Waals surface area contributed by atoms with Crippen LogP contribution in [0, 0.1) is 6.92 Å². The highest BCUT2D eigenvalue weighted by Gasteiger charge is 2.33. The van der Waals surface area contributed by atoms with Gasteiger partial charge >= 0.3 is 12.3 Å². The fraction of sp³-hybridized carbons (Fsp3) is 0.462. The van der Waals surface area contributed by atoms with Gasteiger partial charge in [-0.25, -0.2) is 4.79 Å². The summed E-state index contributed by atoms with van der Waals surface area (Å²) in [6.07, 6.45) is -4.28. The van der Waals surface area contributed by atoms with Gasteiger partial charge in [-0.15, -0.1) is 13.2 Å². The molecule has 0 aliphatic carbocycles. The third kappa shape index (κ3) is 4.64. The number of hydrogen-bond donors (Lipinski definition) is 0. The Morgan fingerprint density at radius 3 is 2.40 bits per heavy atom. The predicted molar refractivity (Wildman–Crippen MR) is 64.8 cm³/mol. The smallest absolute Gasteiger partial charge is 0.478 e. The first-order valence-electron chi connectivity index (χ1n) is 5.85. The van der Waals surface area contributed by atoms with Crippen LogP contribution in [0.2, 0.25) is 0 Å². The van der Waals surface area contributed by atoms with E-state index in [0.717, 1.165) is 12.7 Å². The molecule has 0 fully saturated rings. The SMILES string of the molecule is CCc1cc(OC(F)(F)F)c(OCC(=O)OC)cc1C. The first-order chi connectivity index (χ1) is 9.26. The molecule has 20 heavy (non-hydrogen) atoms. The molecule has 0 bridgehead atoms.